The van der Waals surface area contributed by atoms with E-state index in [1.165, 1.54) is 5.56 Å². The molecule has 5 heteroatoms. The van der Waals surface area contributed by atoms with Crippen LogP contribution in [0.5, 0.6) is 0 Å². The van der Waals surface area contributed by atoms with Crippen molar-refractivity contribution in [2.24, 2.45) is 0 Å². The maximum atomic E-state index is 12.3. The topological polar surface area (TPSA) is 66.5 Å². The Morgan fingerprint density at radius 3 is 2.48 bits per heavy atom. The molecule has 0 radical (unpaired) electrons. The highest BCUT2D eigenvalue weighted by molar-refractivity contribution is 6.03. The molecule has 1 heterocycles. The first-order chi connectivity index (χ1) is 9.88. The molecule has 0 bridgehead atoms. The van der Waals surface area contributed by atoms with Crippen molar-refractivity contribution in [1.29, 1.82) is 0 Å². The van der Waals surface area contributed by atoms with Crippen molar-refractivity contribution in [3.63, 3.8) is 0 Å². The predicted octanol–water partition coefficient (Wildman–Crippen LogP) is 1.34. The number of hydrogen-bond donors (Lipinski definition) is 1. The van der Waals surface area contributed by atoms with Gasteiger partial charge in [0, 0.05) is 5.56 Å². The van der Waals surface area contributed by atoms with Gasteiger partial charge in [0.15, 0.2) is 5.78 Å². The Morgan fingerprint density at radius 2 is 1.90 bits per heavy atom. The van der Waals surface area contributed by atoms with Crippen LogP contribution in [-0.4, -0.2) is 41.6 Å². The zero-order chi connectivity index (χ0) is 15.6. The van der Waals surface area contributed by atoms with Crippen LogP contribution in [-0.2, 0) is 9.59 Å². The summed E-state index contributed by atoms with van der Waals surface area (Å²) in [5, 5.41) is 2.26. The minimum Gasteiger partial charge on any atom is -0.294 e. The van der Waals surface area contributed by atoms with Crippen molar-refractivity contribution in [1.82, 2.24) is 10.2 Å². The average Bonchev–Trinajstić information content (AvgIpc) is 2.44. The fraction of sp³-hybridized carbons (Fsp3) is 0.438. The maximum absolute atomic E-state index is 12.3. The highest BCUT2D eigenvalue weighted by Gasteiger charge is 2.31. The number of ketones is 1. The number of piperazine rings is 1. The minimum atomic E-state index is -0.471. The molecule has 1 aliphatic rings. The van der Waals surface area contributed by atoms with E-state index >= 15 is 0 Å². The number of nitrogens with one attached hydrogen (secondary N) is 1. The van der Waals surface area contributed by atoms with E-state index < -0.39 is 6.04 Å². The molecule has 0 spiro atoms. The summed E-state index contributed by atoms with van der Waals surface area (Å²) >= 11 is 0. The number of benzene rings is 1. The lowest BCUT2D eigenvalue weighted by Crippen LogP contribution is -2.57. The van der Waals surface area contributed by atoms with E-state index in [9.17, 15) is 14.4 Å². The molecule has 112 valence electrons. The Morgan fingerprint density at radius 1 is 1.29 bits per heavy atom. The molecular weight excluding hydrogens is 268 g/mol. The van der Waals surface area contributed by atoms with Crippen molar-refractivity contribution < 1.29 is 14.4 Å². The Hall–Kier alpha value is -2.01. The summed E-state index contributed by atoms with van der Waals surface area (Å²) in [6.45, 7) is 6.02. The molecule has 1 fully saturated rings. The number of rotatable bonds is 4. The molecule has 1 aromatic rings. The van der Waals surface area contributed by atoms with Gasteiger partial charge in [-0.1, -0.05) is 38.1 Å². The zero-order valence-electron chi connectivity index (χ0n) is 12.6. The Labute approximate surface area is 124 Å². The van der Waals surface area contributed by atoms with Gasteiger partial charge in [-0.2, -0.15) is 0 Å². The van der Waals surface area contributed by atoms with Gasteiger partial charge >= 0.3 is 0 Å². The monoisotopic (exact) mass is 288 g/mol. The summed E-state index contributed by atoms with van der Waals surface area (Å²) in [5.41, 5.74) is 1.78. The van der Waals surface area contributed by atoms with Crippen LogP contribution in [0.25, 0.3) is 0 Å². The third kappa shape index (κ3) is 3.55. The van der Waals surface area contributed by atoms with Crippen molar-refractivity contribution >= 4 is 17.6 Å². The third-order valence-corrected chi connectivity index (χ3v) is 3.78. The van der Waals surface area contributed by atoms with Crippen LogP contribution in [0.3, 0.4) is 0 Å². The van der Waals surface area contributed by atoms with Crippen LogP contribution in [0.1, 0.15) is 42.6 Å². The summed E-state index contributed by atoms with van der Waals surface area (Å²) in [6, 6.07) is 7.01. The van der Waals surface area contributed by atoms with Gasteiger partial charge in [0.1, 0.15) is 0 Å². The Balaban J connectivity index is 2.06. The normalized spacial score (nSPS) is 19.7. The van der Waals surface area contributed by atoms with E-state index in [2.05, 4.69) is 19.2 Å². The van der Waals surface area contributed by atoms with Crippen molar-refractivity contribution in [3.8, 4) is 0 Å². The van der Waals surface area contributed by atoms with Crippen molar-refractivity contribution in [3.05, 3.63) is 35.4 Å². The number of imide groups is 1. The second-order valence-electron chi connectivity index (χ2n) is 5.69. The average molecular weight is 288 g/mol. The molecule has 1 aromatic carbocycles. The third-order valence-electron chi connectivity index (χ3n) is 3.78. The number of carbonyl (C=O) groups excluding carboxylic acids is 3. The molecule has 1 aliphatic heterocycles. The van der Waals surface area contributed by atoms with Crippen molar-refractivity contribution in [2.75, 3.05) is 13.1 Å². The Kier molecular flexibility index (Phi) is 4.53. The van der Waals surface area contributed by atoms with E-state index in [4.69, 9.17) is 0 Å². The zero-order valence-corrected chi connectivity index (χ0v) is 12.6. The van der Waals surface area contributed by atoms with Gasteiger partial charge < -0.3 is 0 Å². The first-order valence-electron chi connectivity index (χ1n) is 7.09. The summed E-state index contributed by atoms with van der Waals surface area (Å²) in [5.74, 6) is -0.382. The van der Waals surface area contributed by atoms with Crippen LogP contribution in [0.2, 0.25) is 0 Å². The van der Waals surface area contributed by atoms with Gasteiger partial charge in [0.25, 0.3) is 0 Å². The van der Waals surface area contributed by atoms with Crippen LogP contribution >= 0.6 is 0 Å². The SMILES string of the molecule is CC(C)c1ccc(C(=O)CN2CC(=O)NC(=O)C2C)cc1. The summed E-state index contributed by atoms with van der Waals surface area (Å²) in [4.78, 5) is 36.8. The first-order valence-corrected chi connectivity index (χ1v) is 7.09. The molecule has 5 nitrogen and oxygen atoms in total. The molecule has 1 saturated heterocycles. The molecule has 1 atom stereocenters. The first kappa shape index (κ1) is 15.4. The molecule has 1 unspecified atom stereocenters. The molecule has 0 saturated carbocycles. The summed E-state index contributed by atoms with van der Waals surface area (Å²) < 4.78 is 0. The maximum Gasteiger partial charge on any atom is 0.243 e. The number of Topliss-reactive ketones (excluding diaryl/α,β-unsaturated/α-hetero) is 1. The molecule has 21 heavy (non-hydrogen) atoms. The second kappa shape index (κ2) is 6.18. The largest absolute Gasteiger partial charge is 0.294 e. The predicted molar refractivity (Wildman–Crippen MR) is 79.0 cm³/mol. The second-order valence-corrected chi connectivity index (χ2v) is 5.69. The highest BCUT2D eigenvalue weighted by Crippen LogP contribution is 2.15. The van der Waals surface area contributed by atoms with E-state index in [-0.39, 0.29) is 30.7 Å². The molecule has 0 aromatic heterocycles. The van der Waals surface area contributed by atoms with Crippen LogP contribution in [0, 0.1) is 0 Å². The van der Waals surface area contributed by atoms with Gasteiger partial charge in [-0.05, 0) is 18.4 Å². The summed E-state index contributed by atoms with van der Waals surface area (Å²) in [6.07, 6.45) is 0. The highest BCUT2D eigenvalue weighted by atomic mass is 16.2. The number of hydrogen-bond acceptors (Lipinski definition) is 4. The molecule has 1 N–H and O–H groups in total. The molecule has 0 aliphatic carbocycles. The van der Waals surface area contributed by atoms with Gasteiger partial charge in [-0.25, -0.2) is 0 Å². The number of amides is 2. The van der Waals surface area contributed by atoms with Crippen LogP contribution in [0.15, 0.2) is 24.3 Å². The lowest BCUT2D eigenvalue weighted by atomic mass is 10.00. The number of nitrogens with zero attached hydrogens (tertiary/aromatic N) is 1. The van der Waals surface area contributed by atoms with Gasteiger partial charge in [-0.3, -0.25) is 24.6 Å². The van der Waals surface area contributed by atoms with E-state index in [1.807, 2.05) is 12.1 Å². The van der Waals surface area contributed by atoms with Gasteiger partial charge in [0.2, 0.25) is 11.8 Å². The minimum absolute atomic E-state index is 0.0708. The fourth-order valence-corrected chi connectivity index (χ4v) is 2.29. The van der Waals surface area contributed by atoms with Gasteiger partial charge in [0.05, 0.1) is 19.1 Å². The van der Waals surface area contributed by atoms with E-state index in [0.717, 1.165) is 0 Å². The summed E-state index contributed by atoms with van der Waals surface area (Å²) in [7, 11) is 0. The van der Waals surface area contributed by atoms with Crippen molar-refractivity contribution in [2.45, 2.75) is 32.7 Å². The van der Waals surface area contributed by atoms with Crippen LogP contribution in [0.4, 0.5) is 0 Å². The smallest absolute Gasteiger partial charge is 0.243 e. The van der Waals surface area contributed by atoms with Crippen LogP contribution < -0.4 is 5.32 Å². The van der Waals surface area contributed by atoms with E-state index in [0.29, 0.717) is 11.5 Å². The number of carbonyl (C=O) groups is 3. The Bertz CT molecular complexity index is 563. The quantitative estimate of drug-likeness (QED) is 0.670. The molecular formula is C16H20N2O3. The lowest BCUT2D eigenvalue weighted by Gasteiger charge is -2.30. The molecule has 2 rings (SSSR count). The standard InChI is InChI=1S/C16H20N2O3/c1-10(2)12-4-6-13(7-5-12)14(19)8-18-9-15(20)17-16(21)11(18)3/h4-7,10-11H,8-9H2,1-3H3,(H,17,20,21). The lowest BCUT2D eigenvalue weighted by molar-refractivity contribution is -0.139. The van der Waals surface area contributed by atoms with Gasteiger partial charge in [-0.15, -0.1) is 0 Å². The molecule has 2 amide bonds. The van der Waals surface area contributed by atoms with E-state index in [1.54, 1.807) is 24.0 Å². The fourth-order valence-electron chi connectivity index (χ4n) is 2.29.